The molecule has 2 unspecified atom stereocenters. The quantitative estimate of drug-likeness (QED) is 0.434. The van der Waals surface area contributed by atoms with Crippen LogP contribution in [0, 0.1) is 5.82 Å². The zero-order valence-corrected chi connectivity index (χ0v) is 19.3. The van der Waals surface area contributed by atoms with E-state index in [0.29, 0.717) is 15.6 Å². The number of carbonyl (C=O) groups excluding carboxylic acids is 2. The second kappa shape index (κ2) is 7.56. The molecule has 2 aromatic carbocycles. The standard InChI is InChI=1S/C21H18Cl4FNO3/c1-19(2,3)30-17(28)14-9-13(26)4-5-15(14)20(18(27)29)16(21(20,24)25)10-6-11(22)8-12(23)7-10/h4-9,16H,1-3H3,(H2,27,29). The van der Waals surface area contributed by atoms with Gasteiger partial charge in [0.1, 0.15) is 21.2 Å². The van der Waals surface area contributed by atoms with Crippen LogP contribution in [0.15, 0.2) is 36.4 Å². The van der Waals surface area contributed by atoms with Crippen LogP contribution in [0.25, 0.3) is 0 Å². The van der Waals surface area contributed by atoms with Crippen molar-refractivity contribution in [2.45, 2.75) is 42.0 Å². The molecular formula is C21H18Cl4FNO3. The van der Waals surface area contributed by atoms with Gasteiger partial charge in [-0.1, -0.05) is 52.5 Å². The summed E-state index contributed by atoms with van der Waals surface area (Å²) in [5, 5.41) is 0.608. The molecule has 3 rings (SSSR count). The summed E-state index contributed by atoms with van der Waals surface area (Å²) in [6.07, 6.45) is 0. The van der Waals surface area contributed by atoms with Crippen LogP contribution in [0.3, 0.4) is 0 Å². The van der Waals surface area contributed by atoms with Gasteiger partial charge in [0.05, 0.1) is 5.56 Å². The Balaban J connectivity index is 2.23. The van der Waals surface area contributed by atoms with Crippen LogP contribution in [0.1, 0.15) is 48.2 Å². The first-order chi connectivity index (χ1) is 13.7. The number of nitrogens with two attached hydrogens (primary N) is 1. The lowest BCUT2D eigenvalue weighted by atomic mass is 9.86. The zero-order chi connectivity index (χ0) is 22.6. The molecule has 2 atom stereocenters. The van der Waals surface area contributed by atoms with Crippen molar-refractivity contribution in [3.8, 4) is 0 Å². The van der Waals surface area contributed by atoms with Gasteiger partial charge in [0.25, 0.3) is 0 Å². The number of esters is 1. The number of benzene rings is 2. The first kappa shape index (κ1) is 23.1. The molecule has 2 aromatic rings. The molecule has 0 heterocycles. The van der Waals surface area contributed by atoms with E-state index in [-0.39, 0.29) is 11.1 Å². The normalized spacial score (nSPS) is 22.5. The Morgan fingerprint density at radius 1 is 1.07 bits per heavy atom. The summed E-state index contributed by atoms with van der Waals surface area (Å²) in [6.45, 7) is 4.99. The van der Waals surface area contributed by atoms with E-state index in [0.717, 1.165) is 12.1 Å². The Kier molecular flexibility index (Phi) is 5.83. The van der Waals surface area contributed by atoms with E-state index in [2.05, 4.69) is 0 Å². The molecule has 1 fully saturated rings. The topological polar surface area (TPSA) is 69.4 Å². The highest BCUT2D eigenvalue weighted by atomic mass is 35.5. The summed E-state index contributed by atoms with van der Waals surface area (Å²) in [5.74, 6) is -3.30. The molecule has 0 bridgehead atoms. The van der Waals surface area contributed by atoms with Gasteiger partial charge in [-0.05, 0) is 62.2 Å². The van der Waals surface area contributed by atoms with Gasteiger partial charge in [-0.2, -0.15) is 0 Å². The molecule has 0 radical (unpaired) electrons. The van der Waals surface area contributed by atoms with Gasteiger partial charge in [0.2, 0.25) is 5.91 Å². The van der Waals surface area contributed by atoms with E-state index in [4.69, 9.17) is 56.9 Å². The summed E-state index contributed by atoms with van der Waals surface area (Å²) in [6, 6.07) is 7.95. The third-order valence-corrected chi connectivity index (χ3v) is 6.34. The second-order valence-electron chi connectivity index (χ2n) is 8.12. The van der Waals surface area contributed by atoms with Crippen LogP contribution in [0.2, 0.25) is 10.0 Å². The van der Waals surface area contributed by atoms with Crippen LogP contribution >= 0.6 is 46.4 Å². The lowest BCUT2D eigenvalue weighted by Gasteiger charge is -2.23. The smallest absolute Gasteiger partial charge is 0.339 e. The van der Waals surface area contributed by atoms with E-state index in [1.807, 2.05) is 0 Å². The van der Waals surface area contributed by atoms with Crippen molar-refractivity contribution < 1.29 is 18.7 Å². The van der Waals surface area contributed by atoms with Crippen molar-refractivity contribution in [1.82, 2.24) is 0 Å². The number of amides is 1. The Bertz CT molecular complexity index is 1030. The molecule has 4 nitrogen and oxygen atoms in total. The molecular weight excluding hydrogens is 475 g/mol. The highest BCUT2D eigenvalue weighted by Gasteiger charge is 2.81. The maximum absolute atomic E-state index is 14.0. The minimum Gasteiger partial charge on any atom is -0.456 e. The van der Waals surface area contributed by atoms with Gasteiger partial charge < -0.3 is 10.5 Å². The van der Waals surface area contributed by atoms with E-state index >= 15 is 0 Å². The summed E-state index contributed by atoms with van der Waals surface area (Å²) in [7, 11) is 0. The molecule has 9 heteroatoms. The van der Waals surface area contributed by atoms with Crippen molar-refractivity contribution >= 4 is 58.3 Å². The predicted octanol–water partition coefficient (Wildman–Crippen LogP) is 5.78. The maximum atomic E-state index is 14.0. The summed E-state index contributed by atoms with van der Waals surface area (Å²) >= 11 is 25.4. The molecule has 0 aliphatic heterocycles. The van der Waals surface area contributed by atoms with Crippen LogP contribution < -0.4 is 5.73 Å². The van der Waals surface area contributed by atoms with Crippen molar-refractivity contribution in [2.75, 3.05) is 0 Å². The number of primary amides is 1. The predicted molar refractivity (Wildman–Crippen MR) is 116 cm³/mol. The van der Waals surface area contributed by atoms with Gasteiger partial charge in [0.15, 0.2) is 0 Å². The molecule has 0 spiro atoms. The number of hydrogen-bond acceptors (Lipinski definition) is 3. The summed E-state index contributed by atoms with van der Waals surface area (Å²) < 4.78 is 17.7. The Morgan fingerprint density at radius 3 is 2.13 bits per heavy atom. The first-order valence-electron chi connectivity index (χ1n) is 8.89. The minimum atomic E-state index is -1.73. The molecule has 1 aliphatic rings. The van der Waals surface area contributed by atoms with Crippen molar-refractivity contribution in [3.63, 3.8) is 0 Å². The van der Waals surface area contributed by atoms with Gasteiger partial charge in [-0.25, -0.2) is 9.18 Å². The second-order valence-corrected chi connectivity index (χ2v) is 10.4. The average Bonchev–Trinajstić information content (AvgIpc) is 3.09. The zero-order valence-electron chi connectivity index (χ0n) is 16.2. The van der Waals surface area contributed by atoms with Gasteiger partial charge >= 0.3 is 5.97 Å². The van der Waals surface area contributed by atoms with Crippen molar-refractivity contribution in [2.24, 2.45) is 5.73 Å². The van der Waals surface area contributed by atoms with E-state index in [9.17, 15) is 14.0 Å². The number of ether oxygens (including phenoxy) is 1. The minimum absolute atomic E-state index is 0.0664. The van der Waals surface area contributed by atoms with Gasteiger partial charge in [0, 0.05) is 16.0 Å². The lowest BCUT2D eigenvalue weighted by Crippen LogP contribution is -2.36. The van der Waals surface area contributed by atoms with Crippen LogP contribution in [0.5, 0.6) is 0 Å². The fourth-order valence-corrected chi connectivity index (χ4v) is 5.36. The number of hydrogen-bond donors (Lipinski definition) is 1. The third kappa shape index (κ3) is 3.77. The molecule has 1 aliphatic carbocycles. The Morgan fingerprint density at radius 2 is 1.63 bits per heavy atom. The third-order valence-electron chi connectivity index (χ3n) is 4.87. The van der Waals surface area contributed by atoms with E-state index in [1.54, 1.807) is 32.9 Å². The molecule has 2 N–H and O–H groups in total. The molecule has 160 valence electrons. The SMILES string of the molecule is CC(C)(C)OC(=O)c1cc(F)ccc1C1(C(N)=O)C(c2cc(Cl)cc(Cl)c2)C1(Cl)Cl. The summed E-state index contributed by atoms with van der Waals surface area (Å²) in [4.78, 5) is 25.6. The lowest BCUT2D eigenvalue weighted by molar-refractivity contribution is -0.120. The highest BCUT2D eigenvalue weighted by molar-refractivity contribution is 6.55. The van der Waals surface area contributed by atoms with Crippen molar-refractivity contribution in [3.05, 3.63) is 69.0 Å². The number of halogens is 5. The van der Waals surface area contributed by atoms with Crippen LogP contribution in [-0.2, 0) is 14.9 Å². The fourth-order valence-electron chi connectivity index (χ4n) is 3.74. The molecule has 1 saturated carbocycles. The molecule has 0 aromatic heterocycles. The average molecular weight is 493 g/mol. The molecule has 0 saturated heterocycles. The Hall–Kier alpha value is -1.53. The largest absolute Gasteiger partial charge is 0.456 e. The molecule has 30 heavy (non-hydrogen) atoms. The van der Waals surface area contributed by atoms with Gasteiger partial charge in [-0.3, -0.25) is 4.79 Å². The highest BCUT2D eigenvalue weighted by Crippen LogP contribution is 2.75. The number of carbonyl (C=O) groups is 2. The number of alkyl halides is 2. The summed E-state index contributed by atoms with van der Waals surface area (Å²) in [5.41, 5.74) is 3.50. The van der Waals surface area contributed by atoms with E-state index < -0.39 is 39.0 Å². The van der Waals surface area contributed by atoms with Crippen LogP contribution in [-0.4, -0.2) is 21.8 Å². The number of rotatable bonds is 4. The first-order valence-corrected chi connectivity index (χ1v) is 10.4. The van der Waals surface area contributed by atoms with E-state index in [1.165, 1.54) is 12.1 Å². The molecule has 1 amide bonds. The Labute approximate surface area is 193 Å². The fraction of sp³-hybridized carbons (Fsp3) is 0.333. The van der Waals surface area contributed by atoms with Crippen molar-refractivity contribution in [1.29, 1.82) is 0 Å². The van der Waals surface area contributed by atoms with Gasteiger partial charge in [-0.15, -0.1) is 0 Å². The maximum Gasteiger partial charge on any atom is 0.339 e. The van der Waals surface area contributed by atoms with Crippen LogP contribution in [0.4, 0.5) is 4.39 Å². The monoisotopic (exact) mass is 491 g/mol.